The summed E-state index contributed by atoms with van der Waals surface area (Å²) in [5.74, 6) is 0.0646. The number of benzene rings is 2. The first-order valence-corrected chi connectivity index (χ1v) is 10.7. The number of hydrogen-bond acceptors (Lipinski definition) is 3. The van der Waals surface area contributed by atoms with Crippen LogP contribution in [0.4, 0.5) is 5.69 Å². The summed E-state index contributed by atoms with van der Waals surface area (Å²) in [4.78, 5) is 30.4. The third-order valence-electron chi connectivity index (χ3n) is 5.49. The predicted molar refractivity (Wildman–Crippen MR) is 117 cm³/mol. The molecular formula is C24H24N2O2S. The molecule has 4 nitrogen and oxygen atoms in total. The van der Waals surface area contributed by atoms with Gasteiger partial charge in [0.15, 0.2) is 0 Å². The lowest BCUT2D eigenvalue weighted by Crippen LogP contribution is -2.47. The first kappa shape index (κ1) is 19.4. The maximum absolute atomic E-state index is 13.2. The Morgan fingerprint density at radius 1 is 1.03 bits per heavy atom. The van der Waals surface area contributed by atoms with Crippen molar-refractivity contribution in [1.29, 1.82) is 0 Å². The van der Waals surface area contributed by atoms with Crippen LogP contribution < -0.4 is 4.90 Å². The van der Waals surface area contributed by atoms with Crippen LogP contribution >= 0.6 is 11.3 Å². The van der Waals surface area contributed by atoms with Crippen LogP contribution in [0.3, 0.4) is 0 Å². The van der Waals surface area contributed by atoms with E-state index in [9.17, 15) is 9.59 Å². The van der Waals surface area contributed by atoms with E-state index in [0.717, 1.165) is 21.7 Å². The van der Waals surface area contributed by atoms with Crippen molar-refractivity contribution in [2.24, 2.45) is 0 Å². The summed E-state index contributed by atoms with van der Waals surface area (Å²) < 4.78 is 0. The molecule has 0 bridgehead atoms. The Bertz CT molecular complexity index is 1000. The van der Waals surface area contributed by atoms with E-state index < -0.39 is 0 Å². The monoisotopic (exact) mass is 404 g/mol. The van der Waals surface area contributed by atoms with Crippen molar-refractivity contribution in [3.8, 4) is 0 Å². The number of fused-ring (bicyclic) bond motifs is 1. The number of thiophene rings is 1. The van der Waals surface area contributed by atoms with Gasteiger partial charge in [-0.1, -0.05) is 54.6 Å². The maximum atomic E-state index is 13.2. The van der Waals surface area contributed by atoms with Crippen molar-refractivity contribution in [3.05, 3.63) is 88.1 Å². The van der Waals surface area contributed by atoms with Gasteiger partial charge in [0, 0.05) is 25.2 Å². The molecule has 0 saturated carbocycles. The summed E-state index contributed by atoms with van der Waals surface area (Å²) in [5, 5.41) is 1.92. The Kier molecular flexibility index (Phi) is 5.49. The SMILES string of the molecule is CC(=O)N(Cc1ccccc1)[C@H]1C[C@H](C)N(C(=O)c2cccs2)c2ccccc21. The molecule has 0 saturated heterocycles. The minimum atomic E-state index is -0.0636. The number of carbonyl (C=O) groups is 2. The first-order chi connectivity index (χ1) is 14.1. The molecule has 0 N–H and O–H groups in total. The molecule has 5 heteroatoms. The largest absolute Gasteiger partial charge is 0.331 e. The van der Waals surface area contributed by atoms with Gasteiger partial charge in [-0.15, -0.1) is 11.3 Å². The highest BCUT2D eigenvalue weighted by Gasteiger charge is 2.37. The van der Waals surface area contributed by atoms with Gasteiger partial charge in [0.2, 0.25) is 5.91 Å². The smallest absolute Gasteiger partial charge is 0.268 e. The summed E-state index contributed by atoms with van der Waals surface area (Å²) in [6.45, 7) is 4.25. The van der Waals surface area contributed by atoms with Crippen molar-refractivity contribution in [3.63, 3.8) is 0 Å². The number of rotatable bonds is 4. The van der Waals surface area contributed by atoms with Crippen LogP contribution in [0.1, 0.15) is 47.1 Å². The van der Waals surface area contributed by atoms with Gasteiger partial charge in [-0.3, -0.25) is 9.59 Å². The number of carbonyl (C=O) groups excluding carboxylic acids is 2. The first-order valence-electron chi connectivity index (χ1n) is 9.83. The third kappa shape index (κ3) is 3.83. The van der Waals surface area contributed by atoms with Crippen LogP contribution in [0.25, 0.3) is 0 Å². The van der Waals surface area contributed by atoms with Gasteiger partial charge >= 0.3 is 0 Å². The van der Waals surface area contributed by atoms with Gasteiger partial charge in [-0.05, 0) is 42.0 Å². The Morgan fingerprint density at radius 3 is 2.45 bits per heavy atom. The summed E-state index contributed by atoms with van der Waals surface area (Å²) >= 11 is 1.46. The van der Waals surface area contributed by atoms with Gasteiger partial charge < -0.3 is 9.80 Å². The highest BCUT2D eigenvalue weighted by molar-refractivity contribution is 7.12. The van der Waals surface area contributed by atoms with Gasteiger partial charge in [0.1, 0.15) is 0 Å². The zero-order chi connectivity index (χ0) is 20.4. The van der Waals surface area contributed by atoms with Crippen molar-refractivity contribution in [1.82, 2.24) is 4.90 Å². The molecule has 3 aromatic rings. The van der Waals surface area contributed by atoms with E-state index in [1.165, 1.54) is 11.3 Å². The average molecular weight is 405 g/mol. The van der Waals surface area contributed by atoms with Crippen molar-refractivity contribution in [2.45, 2.75) is 38.9 Å². The summed E-state index contributed by atoms with van der Waals surface area (Å²) in [5.41, 5.74) is 3.03. The molecule has 0 aliphatic carbocycles. The minimum absolute atomic E-state index is 0.0119. The molecule has 2 atom stereocenters. The highest BCUT2D eigenvalue weighted by atomic mass is 32.1. The number of hydrogen-bond donors (Lipinski definition) is 0. The van der Waals surface area contributed by atoms with Crippen LogP contribution in [0.2, 0.25) is 0 Å². The highest BCUT2D eigenvalue weighted by Crippen LogP contribution is 2.41. The number of nitrogens with zero attached hydrogens (tertiary/aromatic N) is 2. The molecule has 0 unspecified atom stereocenters. The lowest BCUT2D eigenvalue weighted by molar-refractivity contribution is -0.132. The molecule has 29 heavy (non-hydrogen) atoms. The molecule has 2 amide bonds. The fraction of sp³-hybridized carbons (Fsp3) is 0.250. The minimum Gasteiger partial charge on any atom is -0.331 e. The zero-order valence-electron chi connectivity index (χ0n) is 16.6. The number of para-hydroxylation sites is 1. The standard InChI is InChI=1S/C24H24N2O2S/c1-17-15-22(25(18(2)27)16-19-9-4-3-5-10-19)20-11-6-7-12-21(20)26(17)24(28)23-13-8-14-29-23/h3-14,17,22H,15-16H2,1-2H3/t17-,22-/m0/s1. The molecule has 0 radical (unpaired) electrons. The molecule has 2 aromatic carbocycles. The molecule has 148 valence electrons. The lowest BCUT2D eigenvalue weighted by atomic mass is 9.90. The van der Waals surface area contributed by atoms with E-state index in [0.29, 0.717) is 13.0 Å². The fourth-order valence-electron chi connectivity index (χ4n) is 4.13. The Morgan fingerprint density at radius 2 is 1.76 bits per heavy atom. The van der Waals surface area contributed by atoms with E-state index >= 15 is 0 Å². The van der Waals surface area contributed by atoms with Crippen LogP contribution in [0.15, 0.2) is 72.1 Å². The Hall–Kier alpha value is -2.92. The lowest BCUT2D eigenvalue weighted by Gasteiger charge is -2.43. The summed E-state index contributed by atoms with van der Waals surface area (Å²) in [6.07, 6.45) is 0.709. The van der Waals surface area contributed by atoms with Crippen LogP contribution in [-0.4, -0.2) is 22.8 Å². The average Bonchev–Trinajstić information content (AvgIpc) is 3.27. The van der Waals surface area contributed by atoms with E-state index in [-0.39, 0.29) is 23.9 Å². The molecule has 2 heterocycles. The summed E-state index contributed by atoms with van der Waals surface area (Å²) in [6, 6.07) is 21.7. The van der Waals surface area contributed by atoms with E-state index in [1.54, 1.807) is 6.92 Å². The second kappa shape index (κ2) is 8.21. The fourth-order valence-corrected chi connectivity index (χ4v) is 4.79. The second-order valence-corrected chi connectivity index (χ2v) is 8.39. The topological polar surface area (TPSA) is 40.6 Å². The molecule has 1 aliphatic heterocycles. The third-order valence-corrected chi connectivity index (χ3v) is 6.35. The van der Waals surface area contributed by atoms with E-state index in [1.807, 2.05) is 81.9 Å². The molecule has 1 aliphatic rings. The Balaban J connectivity index is 1.72. The molecule has 0 fully saturated rings. The second-order valence-electron chi connectivity index (χ2n) is 7.44. The van der Waals surface area contributed by atoms with Gasteiger partial charge in [-0.25, -0.2) is 0 Å². The number of anilines is 1. The van der Waals surface area contributed by atoms with Gasteiger partial charge in [0.05, 0.1) is 10.9 Å². The molecule has 0 spiro atoms. The molecule has 1 aromatic heterocycles. The normalized spacial score (nSPS) is 18.2. The Labute approximate surface area is 175 Å². The van der Waals surface area contributed by atoms with Crippen LogP contribution in [0.5, 0.6) is 0 Å². The van der Waals surface area contributed by atoms with Crippen molar-refractivity contribution >= 4 is 28.8 Å². The van der Waals surface area contributed by atoms with E-state index in [2.05, 4.69) is 6.92 Å². The van der Waals surface area contributed by atoms with Gasteiger partial charge in [-0.2, -0.15) is 0 Å². The van der Waals surface area contributed by atoms with Crippen molar-refractivity contribution in [2.75, 3.05) is 4.90 Å². The quantitative estimate of drug-likeness (QED) is 0.594. The van der Waals surface area contributed by atoms with Crippen LogP contribution in [-0.2, 0) is 11.3 Å². The maximum Gasteiger partial charge on any atom is 0.268 e. The van der Waals surface area contributed by atoms with Gasteiger partial charge in [0.25, 0.3) is 5.91 Å². The number of amides is 2. The van der Waals surface area contributed by atoms with E-state index in [4.69, 9.17) is 0 Å². The van der Waals surface area contributed by atoms with Crippen LogP contribution in [0, 0.1) is 0 Å². The molecule has 4 rings (SSSR count). The summed E-state index contributed by atoms with van der Waals surface area (Å²) in [7, 11) is 0. The van der Waals surface area contributed by atoms with Crippen molar-refractivity contribution < 1.29 is 9.59 Å². The zero-order valence-corrected chi connectivity index (χ0v) is 17.4. The molecular weight excluding hydrogens is 380 g/mol. The predicted octanol–water partition coefficient (Wildman–Crippen LogP) is 5.28.